The molecule has 0 bridgehead atoms. The minimum absolute atomic E-state index is 0.0925. The Morgan fingerprint density at radius 1 is 1.24 bits per heavy atom. The molecule has 1 heterocycles. The van der Waals surface area contributed by atoms with Crippen LogP contribution in [0.15, 0.2) is 24.3 Å². The van der Waals surface area contributed by atoms with Gasteiger partial charge < -0.3 is 14.8 Å². The van der Waals surface area contributed by atoms with Crippen LogP contribution in [0.1, 0.15) is 27.2 Å². The van der Waals surface area contributed by atoms with E-state index in [0.29, 0.717) is 13.2 Å². The molecule has 1 atom stereocenters. The highest BCUT2D eigenvalue weighted by atomic mass is 32.1. The quantitative estimate of drug-likeness (QED) is 0.798. The van der Waals surface area contributed by atoms with Gasteiger partial charge in [-0.1, -0.05) is 18.2 Å². The van der Waals surface area contributed by atoms with E-state index in [1.807, 2.05) is 32.2 Å². The molecule has 21 heavy (non-hydrogen) atoms. The molecule has 1 N–H and O–H groups in total. The second-order valence-electron chi connectivity index (χ2n) is 4.78. The number of methoxy groups -OCH3 is 1. The van der Waals surface area contributed by atoms with Gasteiger partial charge in [0.15, 0.2) is 0 Å². The van der Waals surface area contributed by atoms with Crippen LogP contribution in [0.3, 0.4) is 0 Å². The number of aromatic nitrogens is 1. The van der Waals surface area contributed by atoms with Crippen molar-refractivity contribution in [3.05, 3.63) is 45.4 Å². The van der Waals surface area contributed by atoms with Gasteiger partial charge in [-0.2, -0.15) is 0 Å². The normalized spacial score (nSPS) is 12.4. The molecular weight excluding hydrogens is 284 g/mol. The average Bonchev–Trinajstić information content (AvgIpc) is 2.80. The van der Waals surface area contributed by atoms with Gasteiger partial charge in [-0.15, -0.1) is 11.3 Å². The molecule has 1 aromatic carbocycles. The molecule has 0 radical (unpaired) electrons. The van der Waals surface area contributed by atoms with Crippen molar-refractivity contribution < 1.29 is 9.47 Å². The van der Waals surface area contributed by atoms with E-state index >= 15 is 0 Å². The fraction of sp³-hybridized carbons (Fsp3) is 0.438. The Kier molecular flexibility index (Phi) is 5.73. The molecule has 1 aromatic heterocycles. The first-order valence-corrected chi connectivity index (χ1v) is 7.81. The summed E-state index contributed by atoms with van der Waals surface area (Å²) in [5.41, 5.74) is 2.20. The standard InChI is InChI=1S/C16H22N2O2S/c1-11-16(21-12(2)18-11)15(17-3)13-7-5-6-8-14(13)20-10-9-19-4/h5-8,15,17H,9-10H2,1-4H3. The van der Waals surface area contributed by atoms with Crippen molar-refractivity contribution in [2.24, 2.45) is 0 Å². The van der Waals surface area contributed by atoms with Crippen molar-refractivity contribution in [2.45, 2.75) is 19.9 Å². The lowest BCUT2D eigenvalue weighted by Crippen LogP contribution is -2.19. The monoisotopic (exact) mass is 306 g/mol. The lowest BCUT2D eigenvalue weighted by molar-refractivity contribution is 0.145. The van der Waals surface area contributed by atoms with Crippen LogP contribution in [-0.2, 0) is 4.74 Å². The van der Waals surface area contributed by atoms with Gasteiger partial charge in [-0.05, 0) is 27.0 Å². The maximum absolute atomic E-state index is 5.85. The van der Waals surface area contributed by atoms with E-state index in [9.17, 15) is 0 Å². The second-order valence-corrected chi connectivity index (χ2v) is 6.02. The van der Waals surface area contributed by atoms with Gasteiger partial charge in [-0.25, -0.2) is 4.98 Å². The molecule has 0 spiro atoms. The number of para-hydroxylation sites is 1. The maximum atomic E-state index is 5.85. The highest BCUT2D eigenvalue weighted by Crippen LogP contribution is 2.34. The third-order valence-electron chi connectivity index (χ3n) is 3.27. The highest BCUT2D eigenvalue weighted by molar-refractivity contribution is 7.11. The van der Waals surface area contributed by atoms with E-state index < -0.39 is 0 Å². The molecule has 1 unspecified atom stereocenters. The summed E-state index contributed by atoms with van der Waals surface area (Å²) in [6, 6.07) is 8.21. The van der Waals surface area contributed by atoms with Crippen molar-refractivity contribution in [1.82, 2.24) is 10.3 Å². The maximum Gasteiger partial charge on any atom is 0.124 e. The topological polar surface area (TPSA) is 43.4 Å². The molecule has 114 valence electrons. The van der Waals surface area contributed by atoms with E-state index in [2.05, 4.69) is 23.3 Å². The molecule has 4 nitrogen and oxygen atoms in total. The summed E-state index contributed by atoms with van der Waals surface area (Å²) in [5.74, 6) is 0.888. The van der Waals surface area contributed by atoms with E-state index in [1.165, 1.54) is 4.88 Å². The first-order chi connectivity index (χ1) is 10.2. The molecule has 5 heteroatoms. The molecule has 0 aliphatic heterocycles. The number of ether oxygens (including phenoxy) is 2. The molecule has 2 aromatic rings. The zero-order chi connectivity index (χ0) is 15.2. The highest BCUT2D eigenvalue weighted by Gasteiger charge is 2.21. The summed E-state index contributed by atoms with van der Waals surface area (Å²) < 4.78 is 10.9. The Morgan fingerprint density at radius 3 is 2.62 bits per heavy atom. The smallest absolute Gasteiger partial charge is 0.124 e. The second kappa shape index (κ2) is 7.54. The van der Waals surface area contributed by atoms with Gasteiger partial charge in [-0.3, -0.25) is 0 Å². The Labute approximate surface area is 130 Å². The number of rotatable bonds is 7. The minimum atomic E-state index is 0.0925. The number of hydrogen-bond donors (Lipinski definition) is 1. The van der Waals surface area contributed by atoms with Crippen LogP contribution in [-0.4, -0.2) is 32.4 Å². The van der Waals surface area contributed by atoms with Crippen molar-refractivity contribution in [1.29, 1.82) is 0 Å². The lowest BCUT2D eigenvalue weighted by Gasteiger charge is -2.19. The third kappa shape index (κ3) is 3.81. The summed E-state index contributed by atoms with van der Waals surface area (Å²) in [6.45, 7) is 5.22. The predicted octanol–water partition coefficient (Wildman–Crippen LogP) is 3.09. The summed E-state index contributed by atoms with van der Waals surface area (Å²) in [7, 11) is 3.64. The SMILES string of the molecule is CNC(c1ccccc1OCCOC)c1sc(C)nc1C. The third-order valence-corrected chi connectivity index (χ3v) is 4.40. The molecule has 0 saturated carbocycles. The van der Waals surface area contributed by atoms with Crippen LogP contribution in [0.25, 0.3) is 0 Å². The van der Waals surface area contributed by atoms with Gasteiger partial charge in [0, 0.05) is 17.6 Å². The molecular formula is C16H22N2O2S. The average molecular weight is 306 g/mol. The zero-order valence-electron chi connectivity index (χ0n) is 13.0. The van der Waals surface area contributed by atoms with Crippen LogP contribution in [0.5, 0.6) is 5.75 Å². The largest absolute Gasteiger partial charge is 0.491 e. The zero-order valence-corrected chi connectivity index (χ0v) is 13.8. The Morgan fingerprint density at radius 2 is 2.00 bits per heavy atom. The Balaban J connectivity index is 2.31. The van der Waals surface area contributed by atoms with Crippen molar-refractivity contribution >= 4 is 11.3 Å². The fourth-order valence-electron chi connectivity index (χ4n) is 2.33. The number of hydrogen-bond acceptors (Lipinski definition) is 5. The van der Waals surface area contributed by atoms with E-state index in [-0.39, 0.29) is 6.04 Å². The van der Waals surface area contributed by atoms with Gasteiger partial charge in [0.25, 0.3) is 0 Å². The van der Waals surface area contributed by atoms with E-state index in [4.69, 9.17) is 9.47 Å². The van der Waals surface area contributed by atoms with Crippen LogP contribution in [0, 0.1) is 13.8 Å². The number of nitrogens with one attached hydrogen (secondary N) is 1. The molecule has 0 amide bonds. The van der Waals surface area contributed by atoms with Crippen LogP contribution < -0.4 is 10.1 Å². The first kappa shape index (κ1) is 15.9. The predicted molar refractivity (Wildman–Crippen MR) is 86.3 cm³/mol. The van der Waals surface area contributed by atoms with Crippen LogP contribution in [0.2, 0.25) is 0 Å². The summed E-state index contributed by atoms with van der Waals surface area (Å²) in [5, 5.41) is 4.46. The van der Waals surface area contributed by atoms with Crippen molar-refractivity contribution in [2.75, 3.05) is 27.4 Å². The van der Waals surface area contributed by atoms with Crippen LogP contribution in [0.4, 0.5) is 0 Å². The summed E-state index contributed by atoms with van der Waals surface area (Å²) >= 11 is 1.73. The molecule has 0 saturated heterocycles. The number of nitrogens with zero attached hydrogens (tertiary/aromatic N) is 1. The van der Waals surface area contributed by atoms with E-state index in [0.717, 1.165) is 22.0 Å². The van der Waals surface area contributed by atoms with Crippen molar-refractivity contribution in [3.63, 3.8) is 0 Å². The summed E-state index contributed by atoms with van der Waals surface area (Å²) in [4.78, 5) is 5.76. The van der Waals surface area contributed by atoms with Gasteiger partial charge in [0.05, 0.1) is 23.4 Å². The van der Waals surface area contributed by atoms with E-state index in [1.54, 1.807) is 18.4 Å². The van der Waals surface area contributed by atoms with Crippen LogP contribution >= 0.6 is 11.3 Å². The van der Waals surface area contributed by atoms with Gasteiger partial charge in [0.1, 0.15) is 12.4 Å². The molecule has 0 aliphatic rings. The number of aryl methyl sites for hydroxylation is 2. The van der Waals surface area contributed by atoms with Crippen molar-refractivity contribution in [3.8, 4) is 5.75 Å². The first-order valence-electron chi connectivity index (χ1n) is 6.99. The summed E-state index contributed by atoms with van der Waals surface area (Å²) in [6.07, 6.45) is 0. The molecule has 0 fully saturated rings. The minimum Gasteiger partial charge on any atom is -0.491 e. The van der Waals surface area contributed by atoms with Gasteiger partial charge in [0.2, 0.25) is 0 Å². The fourth-order valence-corrected chi connectivity index (χ4v) is 3.38. The number of thiazole rings is 1. The Bertz CT molecular complexity index is 583. The Hall–Kier alpha value is -1.43. The number of benzene rings is 1. The molecule has 0 aliphatic carbocycles. The lowest BCUT2D eigenvalue weighted by atomic mass is 10.0. The molecule has 2 rings (SSSR count). The van der Waals surface area contributed by atoms with Gasteiger partial charge >= 0.3 is 0 Å².